The maximum absolute atomic E-state index is 11.0. The molecule has 1 rings (SSSR count). The number of carboxylic acids is 1. The first-order valence-corrected chi connectivity index (χ1v) is 4.22. The minimum absolute atomic E-state index is 0.0114. The van der Waals surface area contributed by atoms with Crippen LogP contribution in [0.4, 0.5) is 4.79 Å². The van der Waals surface area contributed by atoms with Gasteiger partial charge in [-0.1, -0.05) is 0 Å². The smallest absolute Gasteiger partial charge is 0.409 e. The lowest BCUT2D eigenvalue weighted by Crippen LogP contribution is -2.43. The molecule has 0 bridgehead atoms. The van der Waals surface area contributed by atoms with Crippen molar-refractivity contribution in [3.63, 3.8) is 0 Å². The van der Waals surface area contributed by atoms with Gasteiger partial charge in [0.05, 0.1) is 6.61 Å². The highest BCUT2D eigenvalue weighted by Gasteiger charge is 2.26. The van der Waals surface area contributed by atoms with Gasteiger partial charge in [-0.05, 0) is 6.42 Å². The summed E-state index contributed by atoms with van der Waals surface area (Å²) in [7, 11) is 1.63. The zero-order chi connectivity index (χ0) is 9.84. The second kappa shape index (κ2) is 4.11. The third-order valence-corrected chi connectivity index (χ3v) is 2.20. The van der Waals surface area contributed by atoms with Gasteiger partial charge in [-0.15, -0.1) is 0 Å². The topological polar surface area (TPSA) is 66.8 Å². The first-order chi connectivity index (χ1) is 6.11. The number of aliphatic carboxylic acids is 1. The van der Waals surface area contributed by atoms with Crippen molar-refractivity contribution in [2.24, 2.45) is 0 Å². The fourth-order valence-electron chi connectivity index (χ4n) is 1.35. The van der Waals surface area contributed by atoms with E-state index in [0.29, 0.717) is 13.0 Å². The van der Waals surface area contributed by atoms with Gasteiger partial charge < -0.3 is 14.7 Å². The quantitative estimate of drug-likeness (QED) is 0.706. The normalized spacial score (nSPS) is 22.7. The SMILES string of the molecule is CN1C(=O)OCCC1CCC(=O)O. The number of nitrogens with zero attached hydrogens (tertiary/aromatic N) is 1. The summed E-state index contributed by atoms with van der Waals surface area (Å²) in [5, 5.41) is 8.46. The van der Waals surface area contributed by atoms with Crippen LogP contribution in [0.3, 0.4) is 0 Å². The Kier molecular flexibility index (Phi) is 3.11. The summed E-state index contributed by atoms with van der Waals surface area (Å²) in [5.74, 6) is -0.827. The number of amides is 1. The molecule has 0 saturated carbocycles. The van der Waals surface area contributed by atoms with Crippen molar-refractivity contribution in [2.45, 2.75) is 25.3 Å². The van der Waals surface area contributed by atoms with Gasteiger partial charge in [0, 0.05) is 25.9 Å². The molecule has 0 aliphatic carbocycles. The van der Waals surface area contributed by atoms with E-state index in [1.807, 2.05) is 0 Å². The Morgan fingerprint density at radius 3 is 3.08 bits per heavy atom. The number of carbonyl (C=O) groups is 2. The molecule has 5 heteroatoms. The molecule has 13 heavy (non-hydrogen) atoms. The van der Waals surface area contributed by atoms with E-state index in [1.165, 1.54) is 4.90 Å². The fraction of sp³-hybridized carbons (Fsp3) is 0.750. The van der Waals surface area contributed by atoms with Crippen molar-refractivity contribution >= 4 is 12.1 Å². The average Bonchev–Trinajstić information content (AvgIpc) is 2.07. The zero-order valence-corrected chi connectivity index (χ0v) is 7.52. The highest BCUT2D eigenvalue weighted by molar-refractivity contribution is 5.69. The monoisotopic (exact) mass is 187 g/mol. The molecular formula is C8H13NO4. The summed E-state index contributed by atoms with van der Waals surface area (Å²) in [4.78, 5) is 22.8. The second-order valence-electron chi connectivity index (χ2n) is 3.10. The van der Waals surface area contributed by atoms with Crippen molar-refractivity contribution in [1.82, 2.24) is 4.90 Å². The third-order valence-electron chi connectivity index (χ3n) is 2.20. The highest BCUT2D eigenvalue weighted by atomic mass is 16.6. The Balaban J connectivity index is 2.39. The number of carbonyl (C=O) groups excluding carboxylic acids is 1. The molecule has 1 atom stereocenters. The summed E-state index contributed by atoms with van der Waals surface area (Å²) in [6.45, 7) is 0.396. The molecule has 0 aromatic heterocycles. The molecule has 74 valence electrons. The van der Waals surface area contributed by atoms with Crippen LogP contribution in [0.15, 0.2) is 0 Å². The Morgan fingerprint density at radius 1 is 1.77 bits per heavy atom. The summed E-state index contributed by atoms with van der Waals surface area (Å²) in [5.41, 5.74) is 0. The minimum Gasteiger partial charge on any atom is -0.481 e. The number of carboxylic acid groups (broad SMARTS) is 1. The maximum atomic E-state index is 11.0. The van der Waals surface area contributed by atoms with Gasteiger partial charge in [-0.2, -0.15) is 0 Å². The van der Waals surface area contributed by atoms with Gasteiger partial charge in [0.1, 0.15) is 0 Å². The molecule has 1 amide bonds. The first kappa shape index (κ1) is 9.83. The number of cyclic esters (lactones) is 1. The van der Waals surface area contributed by atoms with Crippen LogP contribution in [0.25, 0.3) is 0 Å². The van der Waals surface area contributed by atoms with E-state index in [2.05, 4.69) is 0 Å². The van der Waals surface area contributed by atoms with Gasteiger partial charge in [-0.3, -0.25) is 4.79 Å². The van der Waals surface area contributed by atoms with Crippen LogP contribution in [-0.2, 0) is 9.53 Å². The molecule has 1 aliphatic heterocycles. The van der Waals surface area contributed by atoms with Gasteiger partial charge in [0.2, 0.25) is 0 Å². The van der Waals surface area contributed by atoms with E-state index < -0.39 is 5.97 Å². The predicted octanol–water partition coefficient (Wildman–Crippen LogP) is 0.692. The highest BCUT2D eigenvalue weighted by Crippen LogP contribution is 2.15. The molecule has 1 aliphatic rings. The van der Waals surface area contributed by atoms with Gasteiger partial charge >= 0.3 is 12.1 Å². The maximum Gasteiger partial charge on any atom is 0.409 e. The lowest BCUT2D eigenvalue weighted by Gasteiger charge is -2.31. The standard InChI is InChI=1S/C8H13NO4/c1-9-6(2-3-7(10)11)4-5-13-8(9)12/h6H,2-5H2,1H3,(H,10,11). The van der Waals surface area contributed by atoms with Crippen molar-refractivity contribution in [1.29, 1.82) is 0 Å². The molecule has 1 unspecified atom stereocenters. The molecule has 1 heterocycles. The van der Waals surface area contributed by atoms with Crippen molar-refractivity contribution in [3.8, 4) is 0 Å². The predicted molar refractivity (Wildman–Crippen MR) is 44.4 cm³/mol. The lowest BCUT2D eigenvalue weighted by molar-refractivity contribution is -0.137. The Labute approximate surface area is 76.3 Å². The molecule has 5 nitrogen and oxygen atoms in total. The fourth-order valence-corrected chi connectivity index (χ4v) is 1.35. The molecule has 1 saturated heterocycles. The van der Waals surface area contributed by atoms with E-state index in [4.69, 9.17) is 9.84 Å². The van der Waals surface area contributed by atoms with Crippen molar-refractivity contribution < 1.29 is 19.4 Å². The molecule has 0 aromatic carbocycles. The van der Waals surface area contributed by atoms with E-state index in [-0.39, 0.29) is 18.6 Å². The second-order valence-corrected chi connectivity index (χ2v) is 3.10. The number of rotatable bonds is 3. The van der Waals surface area contributed by atoms with E-state index in [9.17, 15) is 9.59 Å². The van der Waals surface area contributed by atoms with Crippen LogP contribution in [0.5, 0.6) is 0 Å². The summed E-state index contributed by atoms with van der Waals surface area (Å²) in [6, 6.07) is 0.0114. The summed E-state index contributed by atoms with van der Waals surface area (Å²) >= 11 is 0. The third kappa shape index (κ3) is 2.61. The van der Waals surface area contributed by atoms with Gasteiger partial charge in [0.15, 0.2) is 0 Å². The van der Waals surface area contributed by atoms with E-state index >= 15 is 0 Å². The largest absolute Gasteiger partial charge is 0.481 e. The summed E-state index contributed by atoms with van der Waals surface area (Å²) in [6.07, 6.45) is 0.959. The molecule has 1 fully saturated rings. The Bertz CT molecular complexity index is 216. The van der Waals surface area contributed by atoms with Crippen molar-refractivity contribution in [3.05, 3.63) is 0 Å². The van der Waals surface area contributed by atoms with Crippen LogP contribution >= 0.6 is 0 Å². The van der Waals surface area contributed by atoms with Crippen LogP contribution in [-0.4, -0.2) is 41.8 Å². The van der Waals surface area contributed by atoms with Crippen LogP contribution in [0.2, 0.25) is 0 Å². The van der Waals surface area contributed by atoms with Crippen LogP contribution in [0.1, 0.15) is 19.3 Å². The molecule has 0 spiro atoms. The number of hydrogen-bond acceptors (Lipinski definition) is 3. The minimum atomic E-state index is -0.827. The van der Waals surface area contributed by atoms with E-state index in [0.717, 1.165) is 6.42 Å². The average molecular weight is 187 g/mol. The molecular weight excluding hydrogens is 174 g/mol. The Morgan fingerprint density at radius 2 is 2.46 bits per heavy atom. The molecule has 1 N–H and O–H groups in total. The number of ether oxygens (including phenoxy) is 1. The molecule has 0 aromatic rings. The zero-order valence-electron chi connectivity index (χ0n) is 7.52. The van der Waals surface area contributed by atoms with Gasteiger partial charge in [0.25, 0.3) is 0 Å². The lowest BCUT2D eigenvalue weighted by atomic mass is 10.1. The number of hydrogen-bond donors (Lipinski definition) is 1. The van der Waals surface area contributed by atoms with E-state index in [1.54, 1.807) is 7.05 Å². The summed E-state index contributed by atoms with van der Waals surface area (Å²) < 4.78 is 4.77. The van der Waals surface area contributed by atoms with Gasteiger partial charge in [-0.25, -0.2) is 4.79 Å². The van der Waals surface area contributed by atoms with Crippen LogP contribution in [0, 0.1) is 0 Å². The Hall–Kier alpha value is -1.26. The molecule has 0 radical (unpaired) electrons. The first-order valence-electron chi connectivity index (χ1n) is 4.22. The van der Waals surface area contributed by atoms with Crippen molar-refractivity contribution in [2.75, 3.05) is 13.7 Å². The van der Waals surface area contributed by atoms with Crippen LogP contribution < -0.4 is 0 Å².